The van der Waals surface area contributed by atoms with E-state index in [1.807, 2.05) is 4.90 Å². The Morgan fingerprint density at radius 2 is 2.23 bits per heavy atom. The zero-order valence-corrected chi connectivity index (χ0v) is 13.3. The van der Waals surface area contributed by atoms with Gasteiger partial charge in [-0.25, -0.2) is 0 Å². The monoisotopic (exact) mass is 304 g/mol. The minimum Gasteiger partial charge on any atom is -0.508 e. The van der Waals surface area contributed by atoms with Crippen LogP contribution in [0.2, 0.25) is 0 Å². The van der Waals surface area contributed by atoms with Crippen molar-refractivity contribution in [2.45, 2.75) is 18.4 Å². The van der Waals surface area contributed by atoms with Crippen LogP contribution < -0.4 is 0 Å². The van der Waals surface area contributed by atoms with E-state index in [4.69, 9.17) is 4.74 Å². The summed E-state index contributed by atoms with van der Waals surface area (Å²) < 4.78 is 5.31. The number of likely N-dealkylation sites (tertiary alicyclic amines) is 2. The van der Waals surface area contributed by atoms with Gasteiger partial charge in [-0.15, -0.1) is 0 Å². The zero-order valence-electron chi connectivity index (χ0n) is 13.3. The molecule has 0 radical (unpaired) electrons. The SMILES string of the molecule is COCC1CCN(C)C2(C1)CN(C(=O)c1cccc(O)c1)C2. The van der Waals surface area contributed by atoms with Gasteiger partial charge in [-0.05, 0) is 50.6 Å². The number of hydrogen-bond donors (Lipinski definition) is 1. The van der Waals surface area contributed by atoms with Crippen molar-refractivity contribution in [3.05, 3.63) is 29.8 Å². The number of carbonyl (C=O) groups excluding carboxylic acids is 1. The van der Waals surface area contributed by atoms with Gasteiger partial charge < -0.3 is 14.7 Å². The molecule has 120 valence electrons. The second-order valence-electron chi connectivity index (χ2n) is 6.67. The first-order valence-electron chi connectivity index (χ1n) is 7.82. The van der Waals surface area contributed by atoms with Crippen molar-refractivity contribution in [2.24, 2.45) is 5.92 Å². The maximum Gasteiger partial charge on any atom is 0.254 e. The Morgan fingerprint density at radius 1 is 1.45 bits per heavy atom. The van der Waals surface area contributed by atoms with E-state index in [1.54, 1.807) is 25.3 Å². The maximum absolute atomic E-state index is 12.5. The normalized spacial score (nSPS) is 24.3. The number of phenolic OH excluding ortho intramolecular Hbond substituents is 1. The second-order valence-corrected chi connectivity index (χ2v) is 6.67. The Labute approximate surface area is 131 Å². The van der Waals surface area contributed by atoms with Crippen molar-refractivity contribution in [3.63, 3.8) is 0 Å². The van der Waals surface area contributed by atoms with Crippen LogP contribution >= 0.6 is 0 Å². The minimum atomic E-state index is 0.00351. The predicted molar refractivity (Wildman–Crippen MR) is 84.0 cm³/mol. The van der Waals surface area contributed by atoms with Crippen LogP contribution in [0.4, 0.5) is 0 Å². The van der Waals surface area contributed by atoms with Crippen LogP contribution in [0.3, 0.4) is 0 Å². The maximum atomic E-state index is 12.5. The average molecular weight is 304 g/mol. The summed E-state index contributed by atoms with van der Waals surface area (Å²) in [6, 6.07) is 6.58. The molecule has 2 aliphatic rings. The predicted octanol–water partition coefficient (Wildman–Crippen LogP) is 1.57. The average Bonchev–Trinajstić information content (AvgIpc) is 2.46. The Hall–Kier alpha value is -1.59. The largest absolute Gasteiger partial charge is 0.508 e. The fourth-order valence-corrected chi connectivity index (χ4v) is 3.79. The molecule has 2 fully saturated rings. The van der Waals surface area contributed by atoms with Crippen LogP contribution in [0.25, 0.3) is 0 Å². The smallest absolute Gasteiger partial charge is 0.254 e. The Balaban J connectivity index is 1.65. The summed E-state index contributed by atoms with van der Waals surface area (Å²) in [7, 11) is 3.91. The summed E-state index contributed by atoms with van der Waals surface area (Å²) in [6.45, 7) is 3.38. The number of rotatable bonds is 3. The highest BCUT2D eigenvalue weighted by Crippen LogP contribution is 2.38. The van der Waals surface area contributed by atoms with E-state index >= 15 is 0 Å². The molecule has 5 nitrogen and oxygen atoms in total. The third-order valence-electron chi connectivity index (χ3n) is 5.10. The van der Waals surface area contributed by atoms with Gasteiger partial charge in [0.1, 0.15) is 5.75 Å². The molecule has 22 heavy (non-hydrogen) atoms. The van der Waals surface area contributed by atoms with Crippen LogP contribution in [0.15, 0.2) is 24.3 Å². The van der Waals surface area contributed by atoms with Gasteiger partial charge in [0.2, 0.25) is 0 Å². The van der Waals surface area contributed by atoms with E-state index in [9.17, 15) is 9.90 Å². The van der Waals surface area contributed by atoms with Crippen LogP contribution in [-0.2, 0) is 4.74 Å². The molecule has 3 rings (SSSR count). The van der Waals surface area contributed by atoms with Gasteiger partial charge in [-0.1, -0.05) is 6.07 Å². The number of likely N-dealkylation sites (N-methyl/N-ethyl adjacent to an activating group) is 1. The molecule has 1 spiro atoms. The first-order valence-corrected chi connectivity index (χ1v) is 7.82. The zero-order chi connectivity index (χ0) is 15.7. The number of benzene rings is 1. The van der Waals surface area contributed by atoms with Crippen LogP contribution in [-0.4, -0.2) is 66.8 Å². The fraction of sp³-hybridized carbons (Fsp3) is 0.588. The topological polar surface area (TPSA) is 53.0 Å². The highest BCUT2D eigenvalue weighted by Gasteiger charge is 2.50. The number of piperidine rings is 1. The lowest BCUT2D eigenvalue weighted by Gasteiger charge is -2.58. The molecular weight excluding hydrogens is 280 g/mol. The van der Waals surface area contributed by atoms with Crippen molar-refractivity contribution in [3.8, 4) is 5.75 Å². The highest BCUT2D eigenvalue weighted by molar-refractivity contribution is 5.95. The van der Waals surface area contributed by atoms with Crippen molar-refractivity contribution in [2.75, 3.05) is 40.4 Å². The molecule has 0 aromatic heterocycles. The van der Waals surface area contributed by atoms with Gasteiger partial charge >= 0.3 is 0 Å². The highest BCUT2D eigenvalue weighted by atomic mass is 16.5. The first kappa shape index (κ1) is 15.3. The molecule has 1 aromatic rings. The van der Waals surface area contributed by atoms with E-state index in [-0.39, 0.29) is 17.2 Å². The minimum absolute atomic E-state index is 0.00351. The number of aromatic hydroxyl groups is 1. The molecular formula is C17H24N2O3. The van der Waals surface area contributed by atoms with E-state index < -0.39 is 0 Å². The molecule has 2 heterocycles. The van der Waals surface area contributed by atoms with Gasteiger partial charge in [-0.3, -0.25) is 9.69 Å². The van der Waals surface area contributed by atoms with Gasteiger partial charge in [0.05, 0.1) is 5.54 Å². The van der Waals surface area contributed by atoms with E-state index in [0.29, 0.717) is 11.5 Å². The van der Waals surface area contributed by atoms with E-state index in [1.165, 1.54) is 6.07 Å². The number of carbonyl (C=O) groups is 1. The summed E-state index contributed by atoms with van der Waals surface area (Å²) in [6.07, 6.45) is 2.24. The fourth-order valence-electron chi connectivity index (χ4n) is 3.79. The lowest BCUT2D eigenvalue weighted by atomic mass is 9.75. The standard InChI is InChI=1S/C17H24N2O3/c1-18-7-6-13(10-22-2)9-17(18)11-19(12-17)16(21)14-4-3-5-15(20)8-14/h3-5,8,13,20H,6-7,9-12H2,1-2H3. The molecule has 1 amide bonds. The van der Waals surface area contributed by atoms with Gasteiger partial charge in [0.15, 0.2) is 0 Å². The molecule has 5 heteroatoms. The first-order chi connectivity index (χ1) is 10.5. The van der Waals surface area contributed by atoms with Crippen molar-refractivity contribution in [1.29, 1.82) is 0 Å². The van der Waals surface area contributed by atoms with E-state index in [2.05, 4.69) is 11.9 Å². The van der Waals surface area contributed by atoms with Crippen LogP contribution in [0.1, 0.15) is 23.2 Å². The lowest BCUT2D eigenvalue weighted by Crippen LogP contribution is -2.72. The Bertz CT molecular complexity index is 555. The number of ether oxygens (including phenoxy) is 1. The summed E-state index contributed by atoms with van der Waals surface area (Å²) in [5.74, 6) is 0.721. The van der Waals surface area contributed by atoms with Gasteiger partial charge in [0.25, 0.3) is 5.91 Å². The molecule has 0 bridgehead atoms. The van der Waals surface area contributed by atoms with E-state index in [0.717, 1.165) is 39.1 Å². The molecule has 1 N–H and O–H groups in total. The summed E-state index contributed by atoms with van der Waals surface area (Å²) in [5.41, 5.74) is 0.662. The quantitative estimate of drug-likeness (QED) is 0.921. The van der Waals surface area contributed by atoms with Crippen LogP contribution in [0, 0.1) is 5.92 Å². The molecule has 1 unspecified atom stereocenters. The molecule has 0 aliphatic carbocycles. The van der Waals surface area contributed by atoms with Gasteiger partial charge in [0, 0.05) is 32.4 Å². The van der Waals surface area contributed by atoms with Crippen LogP contribution in [0.5, 0.6) is 5.75 Å². The number of phenols is 1. The van der Waals surface area contributed by atoms with Crippen molar-refractivity contribution >= 4 is 5.91 Å². The molecule has 1 aromatic carbocycles. The second kappa shape index (κ2) is 5.89. The number of amides is 1. The number of methoxy groups -OCH3 is 1. The molecule has 0 saturated carbocycles. The van der Waals surface area contributed by atoms with Gasteiger partial charge in [-0.2, -0.15) is 0 Å². The molecule has 2 saturated heterocycles. The summed E-state index contributed by atoms with van der Waals surface area (Å²) >= 11 is 0. The number of nitrogens with zero attached hydrogens (tertiary/aromatic N) is 2. The third-order valence-corrected chi connectivity index (χ3v) is 5.10. The molecule has 1 atom stereocenters. The molecule has 2 aliphatic heterocycles. The lowest BCUT2D eigenvalue weighted by molar-refractivity contribution is -0.0731. The van der Waals surface area contributed by atoms with Crippen molar-refractivity contribution < 1.29 is 14.6 Å². The summed E-state index contributed by atoms with van der Waals surface area (Å²) in [5, 5.41) is 9.52. The number of hydrogen-bond acceptors (Lipinski definition) is 4. The van der Waals surface area contributed by atoms with Crippen molar-refractivity contribution in [1.82, 2.24) is 9.80 Å². The Morgan fingerprint density at radius 3 is 2.91 bits per heavy atom. The summed E-state index contributed by atoms with van der Waals surface area (Å²) in [4.78, 5) is 16.8. The third kappa shape index (κ3) is 2.71. The Kier molecular flexibility index (Phi) is 4.10.